The second-order valence-corrected chi connectivity index (χ2v) is 9.35. The van der Waals surface area contributed by atoms with E-state index in [0.717, 1.165) is 11.1 Å². The highest BCUT2D eigenvalue weighted by Crippen LogP contribution is 2.25. The normalized spacial score (nSPS) is 26.5. The van der Waals surface area contributed by atoms with Crippen molar-refractivity contribution in [2.75, 3.05) is 13.2 Å². The first-order chi connectivity index (χ1) is 17.9. The maximum Gasteiger partial charge on any atom is 0.349 e. The zero-order chi connectivity index (χ0) is 27.9. The van der Waals surface area contributed by atoms with Crippen molar-refractivity contribution in [1.29, 1.82) is 0 Å². The molecule has 8 atom stereocenters. The van der Waals surface area contributed by atoms with Gasteiger partial charge in [-0.3, -0.25) is 9.78 Å². The third kappa shape index (κ3) is 5.33. The van der Waals surface area contributed by atoms with Gasteiger partial charge in [-0.1, -0.05) is 0 Å². The molecular formula is C23H30N4O11. The molecule has 38 heavy (non-hydrogen) atoms. The predicted molar refractivity (Wildman–Crippen MR) is 128 cm³/mol. The number of hydrogen-bond donors (Lipinski definition) is 8. The monoisotopic (exact) mass is 538 g/mol. The number of nitrogens with zero attached hydrogens (tertiary/aromatic N) is 3. The fraction of sp³-hybridized carbons (Fsp3) is 0.565. The number of aromatic nitrogens is 4. The molecule has 4 rings (SSSR count). The molecule has 0 spiro atoms. The van der Waals surface area contributed by atoms with Gasteiger partial charge in [-0.05, 0) is 37.1 Å². The summed E-state index contributed by atoms with van der Waals surface area (Å²) in [6.07, 6.45) is -13.0. The van der Waals surface area contributed by atoms with E-state index in [-0.39, 0.29) is 11.5 Å². The van der Waals surface area contributed by atoms with Gasteiger partial charge in [-0.15, -0.1) is 0 Å². The van der Waals surface area contributed by atoms with Gasteiger partial charge in [0, 0.05) is 0 Å². The highest BCUT2D eigenvalue weighted by Gasteiger charge is 2.44. The average Bonchev–Trinajstić information content (AvgIpc) is 2.87. The number of aliphatic hydroxyl groups is 7. The quantitative estimate of drug-likeness (QED) is 0.128. The Morgan fingerprint density at radius 1 is 1.03 bits per heavy atom. The molecule has 3 aliphatic rings. The Morgan fingerprint density at radius 2 is 1.71 bits per heavy atom. The third-order valence-corrected chi connectivity index (χ3v) is 6.66. The minimum absolute atomic E-state index is 0.132. The lowest BCUT2D eigenvalue weighted by Crippen LogP contribution is -2.59. The molecule has 8 N–H and O–H groups in total. The molecule has 0 aliphatic carbocycles. The number of aliphatic hydroxyl groups excluding tert-OH is 7. The highest BCUT2D eigenvalue weighted by molar-refractivity contribution is 5.81. The summed E-state index contributed by atoms with van der Waals surface area (Å²) in [6.45, 7) is 1.91. The van der Waals surface area contributed by atoms with Gasteiger partial charge in [0.15, 0.2) is 17.8 Å². The Hall–Kier alpha value is -2.86. The molecule has 0 aromatic heterocycles. The van der Waals surface area contributed by atoms with Crippen LogP contribution in [-0.2, 0) is 16.0 Å². The van der Waals surface area contributed by atoms with Crippen LogP contribution in [0.25, 0.3) is 22.6 Å². The van der Waals surface area contributed by atoms with E-state index < -0.39 is 80.0 Å². The van der Waals surface area contributed by atoms with E-state index in [1.54, 1.807) is 12.1 Å². The van der Waals surface area contributed by atoms with E-state index in [2.05, 4.69) is 9.97 Å². The second-order valence-electron chi connectivity index (χ2n) is 9.35. The highest BCUT2D eigenvalue weighted by atomic mass is 16.7. The SMILES string of the molecule is Cc1cc2nc3c(=O)[nH]c(=O)nc-3n(CC(O)C(O)C(O)COC3OC(CO)C(O)C(O)C3O)c2cc1C. The van der Waals surface area contributed by atoms with Crippen LogP contribution >= 0.6 is 0 Å². The van der Waals surface area contributed by atoms with Gasteiger partial charge >= 0.3 is 5.69 Å². The number of hydrogen-bond acceptors (Lipinski definition) is 13. The van der Waals surface area contributed by atoms with Gasteiger partial charge in [0.25, 0.3) is 5.56 Å². The lowest BCUT2D eigenvalue weighted by atomic mass is 9.99. The molecule has 1 aromatic carbocycles. The van der Waals surface area contributed by atoms with E-state index in [9.17, 15) is 45.3 Å². The van der Waals surface area contributed by atoms with E-state index in [4.69, 9.17) is 9.47 Å². The van der Waals surface area contributed by atoms with Crippen molar-refractivity contribution >= 4 is 11.0 Å². The van der Waals surface area contributed by atoms with Crippen LogP contribution in [0, 0.1) is 13.8 Å². The van der Waals surface area contributed by atoms with Gasteiger partial charge < -0.3 is 49.8 Å². The van der Waals surface area contributed by atoms with Gasteiger partial charge in [-0.25, -0.2) is 9.78 Å². The van der Waals surface area contributed by atoms with Crippen LogP contribution in [-0.4, -0.2) is 117 Å². The molecule has 208 valence electrons. The number of aromatic amines is 1. The number of H-pyrrole nitrogens is 1. The molecule has 1 fully saturated rings. The molecule has 0 amide bonds. The van der Waals surface area contributed by atoms with Crippen LogP contribution in [0.5, 0.6) is 0 Å². The predicted octanol–water partition coefficient (Wildman–Crippen LogP) is -3.90. The van der Waals surface area contributed by atoms with Crippen molar-refractivity contribution in [1.82, 2.24) is 19.5 Å². The number of fused-ring (bicyclic) bond motifs is 2. The Balaban J connectivity index is 1.56. The summed E-state index contributed by atoms with van der Waals surface area (Å²) in [5.74, 6) is -0.132. The molecule has 1 saturated heterocycles. The molecule has 3 heterocycles. The fourth-order valence-corrected chi connectivity index (χ4v) is 4.28. The summed E-state index contributed by atoms with van der Waals surface area (Å²) in [6, 6.07) is 3.44. The maximum absolute atomic E-state index is 12.4. The van der Waals surface area contributed by atoms with Crippen LogP contribution in [0.2, 0.25) is 0 Å². The Kier molecular flexibility index (Phi) is 8.22. The van der Waals surface area contributed by atoms with Crippen LogP contribution in [0.4, 0.5) is 0 Å². The number of ether oxygens (including phenoxy) is 2. The van der Waals surface area contributed by atoms with Crippen molar-refractivity contribution in [3.8, 4) is 11.5 Å². The maximum atomic E-state index is 12.4. The first kappa shape index (κ1) is 28.2. The molecule has 0 bridgehead atoms. The lowest BCUT2D eigenvalue weighted by molar-refractivity contribution is -0.306. The standard InChI is InChI=1S/C23H30N4O11/c1-8-3-10-11(4-9(8)2)27(20-15(24-10)21(35)26-23(36)25-20)5-12(29)16(31)13(30)7-37-22-19(34)18(33)17(32)14(6-28)38-22/h3-4,12-14,16-19,22,28-34H,5-7H2,1-2H3,(H,26,35,36). The van der Waals surface area contributed by atoms with Crippen molar-refractivity contribution in [2.24, 2.45) is 0 Å². The first-order valence-corrected chi connectivity index (χ1v) is 11.8. The molecule has 1 aromatic rings. The van der Waals surface area contributed by atoms with Crippen molar-refractivity contribution < 1.29 is 45.2 Å². The van der Waals surface area contributed by atoms with E-state index in [1.165, 1.54) is 4.57 Å². The van der Waals surface area contributed by atoms with Crippen LogP contribution < -0.4 is 11.2 Å². The zero-order valence-corrected chi connectivity index (χ0v) is 20.5. The Labute approximate surface area is 214 Å². The topological polar surface area (TPSA) is 241 Å². The molecule has 15 nitrogen and oxygen atoms in total. The molecule has 0 radical (unpaired) electrons. The summed E-state index contributed by atoms with van der Waals surface area (Å²) >= 11 is 0. The summed E-state index contributed by atoms with van der Waals surface area (Å²) < 4.78 is 11.8. The number of aryl methyl sites for hydroxylation is 2. The number of rotatable bonds is 8. The van der Waals surface area contributed by atoms with Crippen molar-refractivity contribution in [3.05, 3.63) is 44.1 Å². The van der Waals surface area contributed by atoms with E-state index in [1.807, 2.05) is 18.8 Å². The first-order valence-electron chi connectivity index (χ1n) is 11.8. The van der Waals surface area contributed by atoms with E-state index >= 15 is 0 Å². The summed E-state index contributed by atoms with van der Waals surface area (Å²) in [5.41, 5.74) is 0.649. The largest absolute Gasteiger partial charge is 0.394 e. The minimum atomic E-state index is -1.83. The minimum Gasteiger partial charge on any atom is -0.394 e. The fourth-order valence-electron chi connectivity index (χ4n) is 4.28. The Morgan fingerprint density at radius 3 is 2.39 bits per heavy atom. The van der Waals surface area contributed by atoms with Crippen LogP contribution in [0.3, 0.4) is 0 Å². The zero-order valence-electron chi connectivity index (χ0n) is 20.5. The lowest BCUT2D eigenvalue weighted by Gasteiger charge is -2.40. The smallest absolute Gasteiger partial charge is 0.349 e. The second kappa shape index (κ2) is 11.1. The van der Waals surface area contributed by atoms with Crippen LogP contribution in [0.1, 0.15) is 11.1 Å². The molecule has 0 saturated carbocycles. The van der Waals surface area contributed by atoms with Crippen molar-refractivity contribution in [2.45, 2.75) is 69.4 Å². The van der Waals surface area contributed by atoms with Gasteiger partial charge in [-0.2, -0.15) is 4.98 Å². The molecule has 15 heteroatoms. The average molecular weight is 539 g/mol. The van der Waals surface area contributed by atoms with Gasteiger partial charge in [0.1, 0.15) is 42.7 Å². The summed E-state index contributed by atoms with van der Waals surface area (Å²) in [7, 11) is 0. The molecule has 3 aliphatic heterocycles. The van der Waals surface area contributed by atoms with Crippen LogP contribution in [0.15, 0.2) is 21.7 Å². The Bertz CT molecular complexity index is 1380. The third-order valence-electron chi connectivity index (χ3n) is 6.66. The van der Waals surface area contributed by atoms with Gasteiger partial charge in [0.2, 0.25) is 0 Å². The summed E-state index contributed by atoms with van der Waals surface area (Å²) in [4.78, 5) is 34.5. The summed E-state index contributed by atoms with van der Waals surface area (Å²) in [5, 5.41) is 70.9. The number of benzene rings is 1. The van der Waals surface area contributed by atoms with Crippen molar-refractivity contribution in [3.63, 3.8) is 0 Å². The van der Waals surface area contributed by atoms with E-state index in [0.29, 0.717) is 11.0 Å². The molecule has 8 unspecified atom stereocenters. The molecular weight excluding hydrogens is 508 g/mol. The number of nitrogens with one attached hydrogen (secondary N) is 1. The van der Waals surface area contributed by atoms with Gasteiger partial charge in [0.05, 0.1) is 30.8 Å².